The summed E-state index contributed by atoms with van der Waals surface area (Å²) < 4.78 is 0. The first kappa shape index (κ1) is 8.47. The molecule has 0 heterocycles. The van der Waals surface area contributed by atoms with Gasteiger partial charge < -0.3 is 5.01 Å². The first-order chi connectivity index (χ1) is 4.20. The highest BCUT2D eigenvalue weighted by Gasteiger charge is 1.87. The van der Waals surface area contributed by atoms with Crippen molar-refractivity contribution in [2.24, 2.45) is 5.10 Å². The maximum atomic E-state index is 4.26. The highest BCUT2D eigenvalue weighted by atomic mass is 15.4. The lowest BCUT2D eigenvalue weighted by Crippen LogP contribution is -2.11. The number of nitrogens with zero attached hydrogens (tertiary/aromatic N) is 2. The summed E-state index contributed by atoms with van der Waals surface area (Å²) in [6, 6.07) is 0. The van der Waals surface area contributed by atoms with Gasteiger partial charge in [-0.2, -0.15) is 5.10 Å². The van der Waals surface area contributed by atoms with Crippen molar-refractivity contribution in [1.82, 2.24) is 5.01 Å². The summed E-state index contributed by atoms with van der Waals surface area (Å²) in [5, 5.41) is 6.21. The van der Waals surface area contributed by atoms with E-state index in [2.05, 4.69) is 18.9 Å². The fourth-order valence-electron chi connectivity index (χ4n) is 0.433. The Balaban J connectivity index is 3.64. The number of rotatable bonds is 3. The maximum absolute atomic E-state index is 4.26. The van der Waals surface area contributed by atoms with Crippen molar-refractivity contribution in [3.05, 3.63) is 0 Å². The van der Waals surface area contributed by atoms with E-state index in [9.17, 15) is 0 Å². The lowest BCUT2D eigenvalue weighted by molar-refractivity contribution is 0.374. The molecule has 0 fully saturated rings. The van der Waals surface area contributed by atoms with Gasteiger partial charge in [-0.25, -0.2) is 0 Å². The van der Waals surface area contributed by atoms with E-state index in [0.29, 0.717) is 0 Å². The van der Waals surface area contributed by atoms with Crippen LogP contribution >= 0.6 is 0 Å². The number of hydrazone groups is 1. The van der Waals surface area contributed by atoms with Crippen LogP contribution in [0.5, 0.6) is 0 Å². The molecule has 0 atom stereocenters. The molecule has 0 rings (SSSR count). The third-order valence-corrected chi connectivity index (χ3v) is 1.31. The fraction of sp³-hybridized carbons (Fsp3) is 0.857. The Hall–Kier alpha value is -0.530. The molecule has 0 aromatic heterocycles. The van der Waals surface area contributed by atoms with Gasteiger partial charge in [-0.1, -0.05) is 6.92 Å². The molecule has 9 heavy (non-hydrogen) atoms. The van der Waals surface area contributed by atoms with Crippen LogP contribution in [0.2, 0.25) is 0 Å². The fourth-order valence-corrected chi connectivity index (χ4v) is 0.433. The van der Waals surface area contributed by atoms with Crippen molar-refractivity contribution in [3.63, 3.8) is 0 Å². The molecule has 0 spiro atoms. The number of hydrogen-bond acceptors (Lipinski definition) is 2. The van der Waals surface area contributed by atoms with Crippen LogP contribution in [0.25, 0.3) is 0 Å². The summed E-state index contributed by atoms with van der Waals surface area (Å²) >= 11 is 0. The molecule has 0 aliphatic heterocycles. The first-order valence-electron chi connectivity index (χ1n) is 3.45. The molecule has 0 aromatic carbocycles. The standard InChI is InChI=1S/C7H16N2/c1-5-7(3)8-9(4)6-2/h5-6H2,1-4H3. The van der Waals surface area contributed by atoms with Crippen molar-refractivity contribution in [2.45, 2.75) is 27.2 Å². The van der Waals surface area contributed by atoms with Crippen molar-refractivity contribution in [2.75, 3.05) is 13.6 Å². The molecule has 0 saturated heterocycles. The molecule has 0 aliphatic rings. The molecule has 0 bridgehead atoms. The summed E-state index contributed by atoms with van der Waals surface area (Å²) in [5.74, 6) is 0. The van der Waals surface area contributed by atoms with Crippen LogP contribution in [0.4, 0.5) is 0 Å². The Labute approximate surface area is 57.6 Å². The van der Waals surface area contributed by atoms with Gasteiger partial charge in [-0.15, -0.1) is 0 Å². The van der Waals surface area contributed by atoms with Gasteiger partial charge in [-0.3, -0.25) is 0 Å². The van der Waals surface area contributed by atoms with Crippen LogP contribution < -0.4 is 0 Å². The second kappa shape index (κ2) is 4.36. The van der Waals surface area contributed by atoms with E-state index in [4.69, 9.17) is 0 Å². The first-order valence-corrected chi connectivity index (χ1v) is 3.45. The van der Waals surface area contributed by atoms with Crippen LogP contribution in [-0.4, -0.2) is 24.3 Å². The third-order valence-electron chi connectivity index (χ3n) is 1.31. The highest BCUT2D eigenvalue weighted by molar-refractivity contribution is 5.81. The zero-order valence-electron chi connectivity index (χ0n) is 6.81. The monoisotopic (exact) mass is 128 g/mol. The second-order valence-electron chi connectivity index (χ2n) is 2.16. The summed E-state index contributed by atoms with van der Waals surface area (Å²) in [6.45, 7) is 7.23. The van der Waals surface area contributed by atoms with Gasteiger partial charge in [0.2, 0.25) is 0 Å². The van der Waals surface area contributed by atoms with Crippen LogP contribution in [0.1, 0.15) is 27.2 Å². The molecule has 0 N–H and O–H groups in total. The van der Waals surface area contributed by atoms with E-state index < -0.39 is 0 Å². The molecular formula is C7H16N2. The van der Waals surface area contributed by atoms with Crippen LogP contribution in [-0.2, 0) is 0 Å². The quantitative estimate of drug-likeness (QED) is 0.417. The predicted octanol–water partition coefficient (Wildman–Crippen LogP) is 1.72. The third kappa shape index (κ3) is 4.01. The molecule has 0 aliphatic carbocycles. The summed E-state index contributed by atoms with van der Waals surface area (Å²) in [7, 11) is 1.99. The highest BCUT2D eigenvalue weighted by Crippen LogP contribution is 1.87. The van der Waals surface area contributed by atoms with Crippen molar-refractivity contribution < 1.29 is 0 Å². The van der Waals surface area contributed by atoms with Gasteiger partial charge in [0.05, 0.1) is 0 Å². The minimum absolute atomic E-state index is 0.983. The smallest absolute Gasteiger partial charge is 0.0347 e. The zero-order chi connectivity index (χ0) is 7.28. The van der Waals surface area contributed by atoms with Crippen molar-refractivity contribution in [3.8, 4) is 0 Å². The topological polar surface area (TPSA) is 15.6 Å². The molecule has 0 radical (unpaired) electrons. The van der Waals surface area contributed by atoms with E-state index in [1.165, 1.54) is 5.71 Å². The Kier molecular flexibility index (Phi) is 4.10. The molecule has 2 heteroatoms. The minimum Gasteiger partial charge on any atom is -0.300 e. The van der Waals surface area contributed by atoms with Crippen molar-refractivity contribution >= 4 is 5.71 Å². The molecular weight excluding hydrogens is 112 g/mol. The lowest BCUT2D eigenvalue weighted by atomic mass is 10.3. The Morgan fingerprint density at radius 1 is 1.44 bits per heavy atom. The molecule has 0 unspecified atom stereocenters. The van der Waals surface area contributed by atoms with Gasteiger partial charge in [0, 0.05) is 19.3 Å². The Morgan fingerprint density at radius 3 is 2.33 bits per heavy atom. The van der Waals surface area contributed by atoms with Gasteiger partial charge in [0.15, 0.2) is 0 Å². The van der Waals surface area contributed by atoms with Gasteiger partial charge >= 0.3 is 0 Å². The maximum Gasteiger partial charge on any atom is 0.0347 e. The van der Waals surface area contributed by atoms with Crippen LogP contribution in [0.15, 0.2) is 5.10 Å². The predicted molar refractivity (Wildman–Crippen MR) is 41.7 cm³/mol. The van der Waals surface area contributed by atoms with Gasteiger partial charge in [-0.05, 0) is 20.3 Å². The Bertz CT molecular complexity index is 97.1. The summed E-state index contributed by atoms with van der Waals surface area (Å²) in [4.78, 5) is 0. The summed E-state index contributed by atoms with van der Waals surface area (Å²) in [6.07, 6.45) is 1.05. The van der Waals surface area contributed by atoms with Crippen LogP contribution in [0.3, 0.4) is 0 Å². The van der Waals surface area contributed by atoms with Gasteiger partial charge in [0.1, 0.15) is 0 Å². The average molecular weight is 128 g/mol. The molecule has 0 aromatic rings. The van der Waals surface area contributed by atoms with E-state index in [-0.39, 0.29) is 0 Å². The zero-order valence-corrected chi connectivity index (χ0v) is 6.81. The molecule has 0 saturated carbocycles. The Morgan fingerprint density at radius 2 is 2.00 bits per heavy atom. The van der Waals surface area contributed by atoms with E-state index >= 15 is 0 Å². The van der Waals surface area contributed by atoms with Crippen molar-refractivity contribution in [1.29, 1.82) is 0 Å². The number of hydrogen-bond donors (Lipinski definition) is 0. The average Bonchev–Trinajstić information content (AvgIpc) is 1.87. The largest absolute Gasteiger partial charge is 0.300 e. The molecule has 2 nitrogen and oxygen atoms in total. The summed E-state index contributed by atoms with van der Waals surface area (Å²) in [5.41, 5.74) is 1.19. The minimum atomic E-state index is 0.983. The second-order valence-corrected chi connectivity index (χ2v) is 2.16. The lowest BCUT2D eigenvalue weighted by Gasteiger charge is -2.09. The normalized spacial score (nSPS) is 11.8. The van der Waals surface area contributed by atoms with Gasteiger partial charge in [0.25, 0.3) is 0 Å². The van der Waals surface area contributed by atoms with Crippen LogP contribution in [0, 0.1) is 0 Å². The van der Waals surface area contributed by atoms with E-state index in [0.717, 1.165) is 13.0 Å². The SMILES string of the molecule is CCC(C)=NN(C)CC. The molecule has 54 valence electrons. The van der Waals surface area contributed by atoms with E-state index in [1.54, 1.807) is 0 Å². The van der Waals surface area contributed by atoms with E-state index in [1.807, 2.05) is 19.0 Å². The molecule has 0 amide bonds.